The third kappa shape index (κ3) is 2.67. The second-order valence-corrected chi connectivity index (χ2v) is 5.24. The Morgan fingerprint density at radius 1 is 1.58 bits per heavy atom. The molecule has 6 heteroatoms. The van der Waals surface area contributed by atoms with Crippen molar-refractivity contribution in [3.05, 3.63) is 3.01 Å². The highest BCUT2D eigenvalue weighted by Crippen LogP contribution is 2.16. The minimum absolute atomic E-state index is 0.0217. The summed E-state index contributed by atoms with van der Waals surface area (Å²) >= 11 is 3.42. The molecule has 0 aliphatic rings. The molecular weight excluding hydrogens is 289 g/mol. The second kappa shape index (κ2) is 4.13. The van der Waals surface area contributed by atoms with Crippen LogP contribution in [0.3, 0.4) is 0 Å². The summed E-state index contributed by atoms with van der Waals surface area (Å²) in [5, 5.41) is 10.8. The van der Waals surface area contributed by atoms with Gasteiger partial charge >= 0.3 is 0 Å². The molecule has 0 atom stereocenters. The first-order valence-corrected chi connectivity index (χ1v) is 5.29. The maximum atomic E-state index is 11.1. The minimum Gasteiger partial charge on any atom is -0.300 e. The van der Waals surface area contributed by atoms with Gasteiger partial charge in [0.05, 0.1) is 0 Å². The van der Waals surface area contributed by atoms with Crippen LogP contribution in [0.1, 0.15) is 13.8 Å². The Hall–Kier alpha value is -0.240. The van der Waals surface area contributed by atoms with E-state index < -0.39 is 0 Å². The SMILES string of the molecule is CC(C)C(=O)Nc1nnc(I)s1. The Balaban J connectivity index is 2.58. The number of hydrogen-bond acceptors (Lipinski definition) is 4. The average Bonchev–Trinajstić information content (AvgIpc) is 2.35. The van der Waals surface area contributed by atoms with Gasteiger partial charge in [-0.2, -0.15) is 0 Å². The number of amides is 1. The smallest absolute Gasteiger partial charge is 0.228 e. The summed E-state index contributed by atoms with van der Waals surface area (Å²) in [4.78, 5) is 11.1. The predicted octanol–water partition coefficient (Wildman–Crippen LogP) is 1.74. The van der Waals surface area contributed by atoms with E-state index in [-0.39, 0.29) is 11.8 Å². The van der Waals surface area contributed by atoms with Gasteiger partial charge in [-0.1, -0.05) is 25.2 Å². The van der Waals surface area contributed by atoms with Crippen LogP contribution in [0.25, 0.3) is 0 Å². The summed E-state index contributed by atoms with van der Waals surface area (Å²) < 4.78 is 0.826. The van der Waals surface area contributed by atoms with Crippen molar-refractivity contribution in [2.75, 3.05) is 5.32 Å². The number of nitrogens with one attached hydrogen (secondary N) is 1. The van der Waals surface area contributed by atoms with Crippen LogP contribution in [0.5, 0.6) is 0 Å². The molecule has 0 saturated heterocycles. The number of halogens is 1. The largest absolute Gasteiger partial charge is 0.300 e. The van der Waals surface area contributed by atoms with Crippen molar-refractivity contribution in [2.24, 2.45) is 5.92 Å². The lowest BCUT2D eigenvalue weighted by molar-refractivity contribution is -0.118. The molecule has 4 nitrogen and oxygen atoms in total. The third-order valence-corrected chi connectivity index (χ3v) is 2.66. The molecule has 1 aromatic rings. The molecule has 0 unspecified atom stereocenters. The van der Waals surface area contributed by atoms with Gasteiger partial charge in [0.25, 0.3) is 0 Å². The summed E-state index contributed by atoms with van der Waals surface area (Å²) in [7, 11) is 0. The molecule has 0 saturated carbocycles. The van der Waals surface area contributed by atoms with Gasteiger partial charge in [0.15, 0.2) is 3.01 Å². The van der Waals surface area contributed by atoms with E-state index in [4.69, 9.17) is 0 Å². The third-order valence-electron chi connectivity index (χ3n) is 1.15. The minimum atomic E-state index is -0.0254. The monoisotopic (exact) mass is 297 g/mol. The van der Waals surface area contributed by atoms with Crippen LogP contribution in [0, 0.1) is 8.93 Å². The predicted molar refractivity (Wildman–Crippen MR) is 56.1 cm³/mol. The van der Waals surface area contributed by atoms with Gasteiger partial charge in [-0.05, 0) is 22.6 Å². The average molecular weight is 297 g/mol. The van der Waals surface area contributed by atoms with Crippen LogP contribution >= 0.6 is 33.9 Å². The van der Waals surface area contributed by atoms with Crippen molar-refractivity contribution in [1.82, 2.24) is 10.2 Å². The van der Waals surface area contributed by atoms with Crippen LogP contribution in [0.4, 0.5) is 5.13 Å². The van der Waals surface area contributed by atoms with E-state index in [2.05, 4.69) is 38.1 Å². The van der Waals surface area contributed by atoms with Crippen LogP contribution in [0.2, 0.25) is 0 Å². The van der Waals surface area contributed by atoms with Crippen molar-refractivity contribution in [3.63, 3.8) is 0 Å². The Morgan fingerprint density at radius 3 is 2.67 bits per heavy atom. The number of carbonyl (C=O) groups is 1. The molecule has 12 heavy (non-hydrogen) atoms. The topological polar surface area (TPSA) is 54.9 Å². The van der Waals surface area contributed by atoms with Crippen LogP contribution < -0.4 is 5.32 Å². The van der Waals surface area contributed by atoms with E-state index in [0.717, 1.165) is 3.01 Å². The van der Waals surface area contributed by atoms with Crippen LogP contribution in [-0.2, 0) is 4.79 Å². The van der Waals surface area contributed by atoms with Gasteiger partial charge in [-0.15, -0.1) is 10.2 Å². The highest BCUT2D eigenvalue weighted by molar-refractivity contribution is 14.1. The molecule has 0 aliphatic heterocycles. The van der Waals surface area contributed by atoms with E-state index in [1.807, 2.05) is 13.8 Å². The lowest BCUT2D eigenvalue weighted by atomic mass is 10.2. The molecule has 1 heterocycles. The van der Waals surface area contributed by atoms with Gasteiger partial charge in [-0.25, -0.2) is 0 Å². The van der Waals surface area contributed by atoms with Crippen LogP contribution in [0.15, 0.2) is 0 Å². The molecule has 0 radical (unpaired) electrons. The first-order chi connectivity index (χ1) is 5.59. The molecule has 0 aliphatic carbocycles. The highest BCUT2D eigenvalue weighted by Gasteiger charge is 2.09. The van der Waals surface area contributed by atoms with E-state index in [0.29, 0.717) is 5.13 Å². The van der Waals surface area contributed by atoms with E-state index in [9.17, 15) is 4.79 Å². The van der Waals surface area contributed by atoms with Gasteiger partial charge in [0.1, 0.15) is 0 Å². The van der Waals surface area contributed by atoms with Crippen molar-refractivity contribution >= 4 is 45.0 Å². The molecule has 66 valence electrons. The summed E-state index contributed by atoms with van der Waals surface area (Å²) in [6, 6.07) is 0. The fourth-order valence-electron chi connectivity index (χ4n) is 0.506. The lowest BCUT2D eigenvalue weighted by Gasteiger charge is -2.01. The zero-order valence-electron chi connectivity index (χ0n) is 6.67. The van der Waals surface area contributed by atoms with Crippen molar-refractivity contribution in [2.45, 2.75) is 13.8 Å². The molecular formula is C6H8IN3OS. The maximum Gasteiger partial charge on any atom is 0.228 e. The Morgan fingerprint density at radius 2 is 2.25 bits per heavy atom. The number of rotatable bonds is 2. The number of anilines is 1. The maximum absolute atomic E-state index is 11.1. The Labute approximate surface area is 87.9 Å². The zero-order valence-corrected chi connectivity index (χ0v) is 9.64. The van der Waals surface area contributed by atoms with Gasteiger partial charge < -0.3 is 5.32 Å². The molecule has 0 fully saturated rings. The number of nitrogens with zero attached hydrogens (tertiary/aromatic N) is 2. The summed E-state index contributed by atoms with van der Waals surface area (Å²) in [5.41, 5.74) is 0. The van der Waals surface area contributed by atoms with Crippen molar-refractivity contribution < 1.29 is 4.79 Å². The lowest BCUT2D eigenvalue weighted by Crippen LogP contribution is -2.17. The number of hydrogen-bond donors (Lipinski definition) is 1. The Kier molecular flexibility index (Phi) is 3.39. The van der Waals surface area contributed by atoms with Crippen LogP contribution in [-0.4, -0.2) is 16.1 Å². The molecule has 1 amide bonds. The molecule has 1 rings (SSSR count). The second-order valence-electron chi connectivity index (χ2n) is 2.50. The highest BCUT2D eigenvalue weighted by atomic mass is 127. The first-order valence-electron chi connectivity index (χ1n) is 3.39. The van der Waals surface area contributed by atoms with Crippen molar-refractivity contribution in [3.8, 4) is 0 Å². The molecule has 0 bridgehead atoms. The first kappa shape index (κ1) is 9.85. The van der Waals surface area contributed by atoms with E-state index >= 15 is 0 Å². The summed E-state index contributed by atoms with van der Waals surface area (Å²) in [5.74, 6) is -0.0471. The molecule has 0 spiro atoms. The van der Waals surface area contributed by atoms with Gasteiger partial charge in [0, 0.05) is 5.92 Å². The molecule has 1 aromatic heterocycles. The standard InChI is InChI=1S/C6H8IN3OS/c1-3(2)4(11)8-6-10-9-5(7)12-6/h3H,1-2H3,(H,8,10,11). The number of carbonyl (C=O) groups excluding carboxylic acids is 1. The normalized spacial score (nSPS) is 10.3. The van der Waals surface area contributed by atoms with Gasteiger partial charge in [-0.3, -0.25) is 4.79 Å². The quantitative estimate of drug-likeness (QED) is 0.846. The Bertz CT molecular complexity index is 286. The van der Waals surface area contributed by atoms with E-state index in [1.165, 1.54) is 11.3 Å². The number of aromatic nitrogens is 2. The van der Waals surface area contributed by atoms with Gasteiger partial charge in [0.2, 0.25) is 11.0 Å². The van der Waals surface area contributed by atoms with Crippen molar-refractivity contribution in [1.29, 1.82) is 0 Å². The fraction of sp³-hybridized carbons (Fsp3) is 0.500. The van der Waals surface area contributed by atoms with E-state index in [1.54, 1.807) is 0 Å². The molecule has 1 N–H and O–H groups in total. The zero-order chi connectivity index (χ0) is 9.14. The summed E-state index contributed by atoms with van der Waals surface area (Å²) in [6.45, 7) is 3.67. The molecule has 0 aromatic carbocycles. The fourth-order valence-corrected chi connectivity index (χ4v) is 1.71. The summed E-state index contributed by atoms with van der Waals surface area (Å²) in [6.07, 6.45) is 0.